The lowest BCUT2D eigenvalue weighted by molar-refractivity contribution is -0.344. The molecule has 7 aliphatic rings. The molecule has 0 radical (unpaired) electrons. The molecule has 5 aliphatic heterocycles. The highest BCUT2D eigenvalue weighted by molar-refractivity contribution is 5.90. The highest BCUT2D eigenvalue weighted by Gasteiger charge is 2.76. The van der Waals surface area contributed by atoms with Gasteiger partial charge in [0.1, 0.15) is 73.8 Å². The Morgan fingerprint density at radius 2 is 1.50 bits per heavy atom. The van der Waals surface area contributed by atoms with E-state index in [-0.39, 0.29) is 12.2 Å². The van der Waals surface area contributed by atoms with Crippen molar-refractivity contribution in [3.8, 4) is 0 Å². The monoisotopic (exact) mass is 848 g/mol. The van der Waals surface area contributed by atoms with E-state index in [0.717, 1.165) is 11.8 Å². The van der Waals surface area contributed by atoms with Gasteiger partial charge in [-0.15, -0.1) is 0 Å². The molecule has 8 rings (SSSR count). The van der Waals surface area contributed by atoms with Crippen molar-refractivity contribution in [2.45, 2.75) is 105 Å². The van der Waals surface area contributed by atoms with E-state index in [1.807, 2.05) is 30.3 Å². The number of carbonyl (C=O) groups is 2. The topological polar surface area (TPSA) is 303 Å². The van der Waals surface area contributed by atoms with Crippen molar-refractivity contribution in [1.29, 1.82) is 0 Å². The van der Waals surface area contributed by atoms with Gasteiger partial charge in [0, 0.05) is 23.5 Å². The Morgan fingerprint density at radius 3 is 2.22 bits per heavy atom. The van der Waals surface area contributed by atoms with Crippen LogP contribution >= 0.6 is 0 Å². The largest absolute Gasteiger partial charge is 0.472 e. The van der Waals surface area contributed by atoms with Gasteiger partial charge in [-0.2, -0.15) is 0 Å². The molecule has 9 N–H and O–H groups in total. The Morgan fingerprint density at radius 1 is 0.800 bits per heavy atom. The van der Waals surface area contributed by atoms with Crippen molar-refractivity contribution >= 4 is 18.0 Å². The number of aliphatic hydroxyl groups is 9. The van der Waals surface area contributed by atoms with Crippen LogP contribution in [0.2, 0.25) is 0 Å². The lowest BCUT2D eigenvalue weighted by Gasteiger charge is -2.43. The molecule has 1 saturated carbocycles. The van der Waals surface area contributed by atoms with E-state index in [1.165, 1.54) is 12.3 Å². The van der Waals surface area contributed by atoms with Gasteiger partial charge in [0.15, 0.2) is 12.6 Å². The van der Waals surface area contributed by atoms with Crippen LogP contribution in [0.25, 0.3) is 6.08 Å². The first kappa shape index (κ1) is 42.8. The summed E-state index contributed by atoms with van der Waals surface area (Å²) < 4.78 is 51.6. The standard InChI is InChI=1S/C40H48O20/c41-12-18-7-8-19-21(14-54-36(25(18)19)58-38-32(49)30(47)28(45)22(13-42)56-38)35(51)53-15-23-29(46)31(48)33(50)39(57-23)59-37-26-20(10-11-52-37)27(44)34-40(26,60-34)16-55-24(43)9-6-17-4-2-1-3-5-17/h1-6,9-11,14,19-20,22-23,26-34,36-39,41-42,44-50H,7-8,12-13,15-16H2/t19-,20-,22-,23-,26-,27+,28-,29-,30+,31+,32-,33-,34+,36+,37+,38+,39+,40-/m1/s1. The number of ether oxygens (including phenoxy) is 9. The first-order valence-corrected chi connectivity index (χ1v) is 19.6. The smallest absolute Gasteiger partial charge is 0.337 e. The van der Waals surface area contributed by atoms with Gasteiger partial charge >= 0.3 is 11.9 Å². The summed E-state index contributed by atoms with van der Waals surface area (Å²) in [6.45, 7) is -2.04. The number of rotatable bonds is 13. The van der Waals surface area contributed by atoms with Crippen LogP contribution in [0, 0.1) is 17.8 Å². The van der Waals surface area contributed by atoms with Crippen molar-refractivity contribution in [3.63, 3.8) is 0 Å². The molecule has 20 heteroatoms. The third-order valence-electron chi connectivity index (χ3n) is 12.2. The summed E-state index contributed by atoms with van der Waals surface area (Å²) >= 11 is 0. The molecule has 0 amide bonds. The fraction of sp³-hybridized carbons (Fsp3) is 0.600. The van der Waals surface area contributed by atoms with E-state index in [2.05, 4.69) is 0 Å². The Labute approximate surface area is 342 Å². The molecule has 18 atom stereocenters. The van der Waals surface area contributed by atoms with E-state index in [1.54, 1.807) is 12.2 Å². The number of benzene rings is 1. The van der Waals surface area contributed by atoms with Crippen LogP contribution in [-0.4, -0.2) is 176 Å². The number of epoxide rings is 1. The molecule has 4 fully saturated rings. The number of esters is 2. The molecular formula is C40H48O20. The van der Waals surface area contributed by atoms with E-state index in [4.69, 9.17) is 42.6 Å². The molecule has 1 aromatic rings. The summed E-state index contributed by atoms with van der Waals surface area (Å²) in [4.78, 5) is 26.2. The zero-order chi connectivity index (χ0) is 42.5. The van der Waals surface area contributed by atoms with Crippen LogP contribution in [-0.2, 0) is 52.2 Å². The van der Waals surface area contributed by atoms with Crippen LogP contribution in [0.3, 0.4) is 0 Å². The zero-order valence-electron chi connectivity index (χ0n) is 31.8. The third kappa shape index (κ3) is 7.90. The molecule has 1 aromatic carbocycles. The van der Waals surface area contributed by atoms with Crippen molar-refractivity contribution < 1.29 is 98.2 Å². The zero-order valence-corrected chi connectivity index (χ0v) is 31.8. The minimum atomic E-state index is -1.85. The maximum absolute atomic E-state index is 13.6. The molecule has 5 heterocycles. The van der Waals surface area contributed by atoms with Gasteiger partial charge in [0.05, 0.1) is 43.3 Å². The number of hydrogen-bond acceptors (Lipinski definition) is 20. The highest BCUT2D eigenvalue weighted by atomic mass is 16.8. The average Bonchev–Trinajstić information content (AvgIpc) is 3.74. The lowest BCUT2D eigenvalue weighted by atomic mass is 9.85. The van der Waals surface area contributed by atoms with E-state index in [9.17, 15) is 55.5 Å². The summed E-state index contributed by atoms with van der Waals surface area (Å²) in [6, 6.07) is 9.10. The maximum Gasteiger partial charge on any atom is 0.337 e. The van der Waals surface area contributed by atoms with Crippen LogP contribution in [0.5, 0.6) is 0 Å². The first-order chi connectivity index (χ1) is 28.9. The number of aliphatic hydroxyl groups excluding tert-OH is 9. The van der Waals surface area contributed by atoms with Crippen molar-refractivity contribution in [3.05, 3.63) is 77.3 Å². The van der Waals surface area contributed by atoms with Gasteiger partial charge in [-0.25, -0.2) is 9.59 Å². The Hall–Kier alpha value is -3.84. The Bertz CT molecular complexity index is 1850. The Kier molecular flexibility index (Phi) is 12.5. The number of carbonyl (C=O) groups excluding carboxylic acids is 2. The SMILES string of the molecule is O=C(C=Cc1ccccc1)OC[C@]12O[C@H]1[C@@H](O)[C@@H]1C=CO[C@@H](O[C@@H]3O[C@H](COC(=O)C4=CO[C@@H](O[C@@H]5O[C@H](CO)[C@@H](O)[C@H](O)[C@H]5O)C5=C(CO)CC[C@H]45)[C@@H](O)[C@H](O)[C@H]3O)[C@@H]12. The highest BCUT2D eigenvalue weighted by Crippen LogP contribution is 2.60. The van der Waals surface area contributed by atoms with E-state index >= 15 is 0 Å². The summed E-state index contributed by atoms with van der Waals surface area (Å²) in [7, 11) is 0. The second-order valence-corrected chi connectivity index (χ2v) is 15.7. The third-order valence-corrected chi connectivity index (χ3v) is 12.2. The minimum absolute atomic E-state index is 0.00504. The second kappa shape index (κ2) is 17.5. The fourth-order valence-corrected chi connectivity index (χ4v) is 8.92. The number of hydrogen-bond donors (Lipinski definition) is 9. The van der Waals surface area contributed by atoms with Crippen molar-refractivity contribution in [2.24, 2.45) is 17.8 Å². The van der Waals surface area contributed by atoms with E-state index in [0.29, 0.717) is 24.0 Å². The molecule has 3 saturated heterocycles. The molecule has 60 heavy (non-hydrogen) atoms. The quantitative estimate of drug-likeness (QED) is 0.0413. The number of fused-ring (bicyclic) bond motifs is 4. The normalized spacial score (nSPS) is 43.0. The predicted molar refractivity (Wildman–Crippen MR) is 194 cm³/mol. The van der Waals surface area contributed by atoms with Crippen LogP contribution in [0.15, 0.2) is 71.7 Å². The van der Waals surface area contributed by atoms with Crippen LogP contribution in [0.4, 0.5) is 0 Å². The molecular weight excluding hydrogens is 800 g/mol. The molecule has 328 valence electrons. The predicted octanol–water partition coefficient (Wildman–Crippen LogP) is -3.02. The molecule has 0 bridgehead atoms. The summed E-state index contributed by atoms with van der Waals surface area (Å²) in [5, 5.41) is 94.2. The van der Waals surface area contributed by atoms with Gasteiger partial charge in [-0.1, -0.05) is 30.3 Å². The summed E-state index contributed by atoms with van der Waals surface area (Å²) in [6.07, 6.45) is -13.3. The minimum Gasteiger partial charge on any atom is -0.472 e. The Balaban J connectivity index is 0.910. The fourth-order valence-electron chi connectivity index (χ4n) is 8.92. The van der Waals surface area contributed by atoms with E-state index < -0.39 is 141 Å². The van der Waals surface area contributed by atoms with Crippen LogP contribution in [0.1, 0.15) is 18.4 Å². The van der Waals surface area contributed by atoms with Crippen LogP contribution < -0.4 is 0 Å². The van der Waals surface area contributed by atoms with Gasteiger partial charge in [0.2, 0.25) is 12.6 Å². The van der Waals surface area contributed by atoms with Gasteiger partial charge in [-0.05, 0) is 36.1 Å². The molecule has 0 aromatic heterocycles. The average molecular weight is 849 g/mol. The molecule has 0 unspecified atom stereocenters. The van der Waals surface area contributed by atoms with Gasteiger partial charge in [0.25, 0.3) is 0 Å². The maximum atomic E-state index is 13.6. The van der Waals surface area contributed by atoms with Crippen molar-refractivity contribution in [1.82, 2.24) is 0 Å². The molecule has 20 nitrogen and oxygen atoms in total. The van der Waals surface area contributed by atoms with Gasteiger partial charge in [-0.3, -0.25) is 0 Å². The van der Waals surface area contributed by atoms with Crippen molar-refractivity contribution in [2.75, 3.05) is 26.4 Å². The van der Waals surface area contributed by atoms with Gasteiger partial charge < -0.3 is 88.6 Å². The molecule has 0 spiro atoms. The molecule has 2 aliphatic carbocycles. The lowest BCUT2D eigenvalue weighted by Crippen LogP contribution is -2.61. The second-order valence-electron chi connectivity index (χ2n) is 15.7. The summed E-state index contributed by atoms with van der Waals surface area (Å²) in [5.41, 5.74) is 0.356. The summed E-state index contributed by atoms with van der Waals surface area (Å²) in [5.74, 6) is -3.66. The first-order valence-electron chi connectivity index (χ1n) is 19.6.